The van der Waals surface area contributed by atoms with Crippen molar-refractivity contribution in [2.75, 3.05) is 6.54 Å². The highest BCUT2D eigenvalue weighted by Gasteiger charge is 2.01. The molecular weight excluding hydrogens is 294 g/mol. The molecule has 0 saturated carbocycles. The molecule has 2 aromatic rings. The number of hydrogen-bond acceptors (Lipinski definition) is 4. The molecule has 94 valence electrons. The Kier molecular flexibility index (Phi) is 4.66. The van der Waals surface area contributed by atoms with Crippen molar-refractivity contribution in [2.45, 2.75) is 13.5 Å². The van der Waals surface area contributed by atoms with Gasteiger partial charge in [-0.25, -0.2) is 0 Å². The fraction of sp³-hybridized carbons (Fsp3) is 0.231. The third-order valence-corrected chi connectivity index (χ3v) is 2.76. The van der Waals surface area contributed by atoms with Crippen LogP contribution in [0, 0.1) is 0 Å². The van der Waals surface area contributed by atoms with Crippen molar-refractivity contribution in [1.29, 1.82) is 0 Å². The average Bonchev–Trinajstić information content (AvgIpc) is 2.38. The Labute approximate surface area is 115 Å². The van der Waals surface area contributed by atoms with Crippen LogP contribution in [0.1, 0.15) is 12.6 Å². The van der Waals surface area contributed by atoms with E-state index in [1.165, 1.54) is 0 Å². The molecule has 2 rings (SSSR count). The summed E-state index contributed by atoms with van der Waals surface area (Å²) in [4.78, 5) is 0. The second-order valence-electron chi connectivity index (χ2n) is 3.70. The molecule has 0 unspecified atom stereocenters. The highest BCUT2D eigenvalue weighted by molar-refractivity contribution is 9.10. The van der Waals surface area contributed by atoms with Gasteiger partial charge in [-0.3, -0.25) is 0 Å². The summed E-state index contributed by atoms with van der Waals surface area (Å²) in [5.41, 5.74) is 0.901. The maximum Gasteiger partial charge on any atom is 0.238 e. The van der Waals surface area contributed by atoms with Crippen LogP contribution in [0.2, 0.25) is 0 Å². The lowest BCUT2D eigenvalue weighted by atomic mass is 10.3. The molecule has 0 saturated heterocycles. The molecule has 0 fully saturated rings. The van der Waals surface area contributed by atoms with E-state index in [9.17, 15) is 0 Å². The minimum absolute atomic E-state index is 0.494. The molecule has 1 heterocycles. The zero-order valence-electron chi connectivity index (χ0n) is 10.1. The summed E-state index contributed by atoms with van der Waals surface area (Å²) in [6.07, 6.45) is 0. The Morgan fingerprint density at radius 3 is 2.78 bits per heavy atom. The van der Waals surface area contributed by atoms with E-state index >= 15 is 0 Å². The van der Waals surface area contributed by atoms with Gasteiger partial charge in [0.1, 0.15) is 5.75 Å². The maximum absolute atomic E-state index is 5.59. The van der Waals surface area contributed by atoms with Gasteiger partial charge in [0.05, 0.1) is 5.69 Å². The molecule has 18 heavy (non-hydrogen) atoms. The van der Waals surface area contributed by atoms with Crippen LogP contribution in [0.15, 0.2) is 40.9 Å². The van der Waals surface area contributed by atoms with Crippen molar-refractivity contribution >= 4 is 15.9 Å². The van der Waals surface area contributed by atoms with Gasteiger partial charge in [-0.2, -0.15) is 5.10 Å². The van der Waals surface area contributed by atoms with Gasteiger partial charge in [0.25, 0.3) is 0 Å². The zero-order valence-corrected chi connectivity index (χ0v) is 11.6. The fourth-order valence-electron chi connectivity index (χ4n) is 1.40. The summed E-state index contributed by atoms with van der Waals surface area (Å²) < 4.78 is 6.56. The Morgan fingerprint density at radius 2 is 2.11 bits per heavy atom. The van der Waals surface area contributed by atoms with Crippen molar-refractivity contribution in [3.05, 3.63) is 46.6 Å². The van der Waals surface area contributed by atoms with E-state index in [0.29, 0.717) is 5.88 Å². The molecule has 5 heteroatoms. The predicted molar refractivity (Wildman–Crippen MR) is 73.6 cm³/mol. The van der Waals surface area contributed by atoms with Gasteiger partial charge < -0.3 is 10.1 Å². The molecule has 0 atom stereocenters. The molecule has 0 aliphatic heterocycles. The van der Waals surface area contributed by atoms with Crippen molar-refractivity contribution in [1.82, 2.24) is 15.5 Å². The van der Waals surface area contributed by atoms with Crippen LogP contribution in [0.4, 0.5) is 0 Å². The standard InChI is InChI=1S/C13H14BrN3O/c1-2-15-9-11-6-7-13(17-16-11)18-12-5-3-4-10(14)8-12/h3-8,15H,2,9H2,1H3. The number of nitrogens with zero attached hydrogens (tertiary/aromatic N) is 2. The van der Waals surface area contributed by atoms with Gasteiger partial charge in [0.2, 0.25) is 5.88 Å². The van der Waals surface area contributed by atoms with Crippen molar-refractivity contribution in [3.63, 3.8) is 0 Å². The van der Waals surface area contributed by atoms with Gasteiger partial charge in [-0.05, 0) is 30.8 Å². The Bertz CT molecular complexity index is 502. The van der Waals surface area contributed by atoms with Gasteiger partial charge in [-0.15, -0.1) is 5.10 Å². The summed E-state index contributed by atoms with van der Waals surface area (Å²) >= 11 is 3.39. The summed E-state index contributed by atoms with van der Waals surface area (Å²) in [6, 6.07) is 11.3. The minimum Gasteiger partial charge on any atom is -0.437 e. The Hall–Kier alpha value is -1.46. The van der Waals surface area contributed by atoms with E-state index in [0.717, 1.165) is 29.0 Å². The van der Waals surface area contributed by atoms with Crippen LogP contribution < -0.4 is 10.1 Å². The summed E-state index contributed by atoms with van der Waals surface area (Å²) in [7, 11) is 0. The highest BCUT2D eigenvalue weighted by atomic mass is 79.9. The summed E-state index contributed by atoms with van der Waals surface area (Å²) in [5, 5.41) is 11.3. The lowest BCUT2D eigenvalue weighted by molar-refractivity contribution is 0.453. The van der Waals surface area contributed by atoms with E-state index < -0.39 is 0 Å². The SMILES string of the molecule is CCNCc1ccc(Oc2cccc(Br)c2)nn1. The van der Waals surface area contributed by atoms with Gasteiger partial charge >= 0.3 is 0 Å². The normalized spacial score (nSPS) is 10.3. The smallest absolute Gasteiger partial charge is 0.238 e. The second-order valence-corrected chi connectivity index (χ2v) is 4.62. The van der Waals surface area contributed by atoms with Crippen LogP contribution in [0.5, 0.6) is 11.6 Å². The van der Waals surface area contributed by atoms with Crippen LogP contribution >= 0.6 is 15.9 Å². The number of aromatic nitrogens is 2. The number of hydrogen-bond donors (Lipinski definition) is 1. The molecule has 0 aliphatic carbocycles. The first-order valence-corrected chi connectivity index (χ1v) is 6.54. The second kappa shape index (κ2) is 6.47. The first kappa shape index (κ1) is 13.0. The number of benzene rings is 1. The quantitative estimate of drug-likeness (QED) is 0.922. The fourth-order valence-corrected chi connectivity index (χ4v) is 1.78. The zero-order chi connectivity index (χ0) is 12.8. The molecule has 0 radical (unpaired) electrons. The van der Waals surface area contributed by atoms with Gasteiger partial charge in [0.15, 0.2) is 0 Å². The summed E-state index contributed by atoms with van der Waals surface area (Å²) in [6.45, 7) is 3.69. The van der Waals surface area contributed by atoms with Gasteiger partial charge in [0, 0.05) is 17.1 Å². The lowest BCUT2D eigenvalue weighted by Gasteiger charge is -2.05. The third kappa shape index (κ3) is 3.78. The van der Waals surface area contributed by atoms with Crippen molar-refractivity contribution in [3.8, 4) is 11.6 Å². The van der Waals surface area contributed by atoms with E-state index in [-0.39, 0.29) is 0 Å². The maximum atomic E-state index is 5.59. The molecule has 0 spiro atoms. The van der Waals surface area contributed by atoms with E-state index in [1.807, 2.05) is 36.4 Å². The van der Waals surface area contributed by atoms with E-state index in [1.54, 1.807) is 0 Å². The molecule has 0 amide bonds. The van der Waals surface area contributed by atoms with Crippen LogP contribution in [0.25, 0.3) is 0 Å². The number of halogens is 1. The summed E-state index contributed by atoms with van der Waals surface area (Å²) in [5.74, 6) is 1.23. The molecule has 4 nitrogen and oxygen atoms in total. The first-order chi connectivity index (χ1) is 8.78. The third-order valence-electron chi connectivity index (χ3n) is 2.27. The molecule has 1 aromatic heterocycles. The Morgan fingerprint density at radius 1 is 1.22 bits per heavy atom. The predicted octanol–water partition coefficient (Wildman–Crippen LogP) is 3.14. The number of nitrogens with one attached hydrogen (secondary N) is 1. The molecule has 0 aliphatic rings. The van der Waals surface area contributed by atoms with Crippen molar-refractivity contribution < 1.29 is 4.74 Å². The van der Waals surface area contributed by atoms with E-state index in [4.69, 9.17) is 4.74 Å². The van der Waals surface area contributed by atoms with Crippen LogP contribution in [-0.4, -0.2) is 16.7 Å². The van der Waals surface area contributed by atoms with E-state index in [2.05, 4.69) is 38.4 Å². The minimum atomic E-state index is 0.494. The monoisotopic (exact) mass is 307 g/mol. The van der Waals surface area contributed by atoms with Gasteiger partial charge in [-0.1, -0.05) is 28.9 Å². The first-order valence-electron chi connectivity index (χ1n) is 5.74. The molecule has 1 N–H and O–H groups in total. The molecule has 0 bridgehead atoms. The Balaban J connectivity index is 2.02. The lowest BCUT2D eigenvalue weighted by Crippen LogP contribution is -2.13. The number of rotatable bonds is 5. The van der Waals surface area contributed by atoms with Crippen LogP contribution in [0.3, 0.4) is 0 Å². The number of ether oxygens (including phenoxy) is 1. The van der Waals surface area contributed by atoms with Crippen molar-refractivity contribution in [2.24, 2.45) is 0 Å². The molecule has 1 aromatic carbocycles. The molecular formula is C13H14BrN3O. The average molecular weight is 308 g/mol. The topological polar surface area (TPSA) is 47.0 Å². The largest absolute Gasteiger partial charge is 0.437 e. The van der Waals surface area contributed by atoms with Crippen LogP contribution in [-0.2, 0) is 6.54 Å². The highest BCUT2D eigenvalue weighted by Crippen LogP contribution is 2.22.